The second-order valence-electron chi connectivity index (χ2n) is 6.72. The molecule has 2 amide bonds. The molecule has 0 saturated carbocycles. The van der Waals surface area contributed by atoms with Crippen molar-refractivity contribution < 1.29 is 9.59 Å². The summed E-state index contributed by atoms with van der Waals surface area (Å²) in [6, 6.07) is 7.70. The van der Waals surface area contributed by atoms with Crippen LogP contribution in [0.3, 0.4) is 0 Å². The number of hydrogen-bond acceptors (Lipinski definition) is 4. The molecule has 1 fully saturated rings. The molecule has 1 aromatic rings. The molecule has 0 unspecified atom stereocenters. The van der Waals surface area contributed by atoms with Crippen LogP contribution in [0.1, 0.15) is 30.1 Å². The molecule has 0 bridgehead atoms. The molecule has 0 atom stereocenters. The molecule has 1 saturated heterocycles. The Morgan fingerprint density at radius 3 is 2.52 bits per heavy atom. The van der Waals surface area contributed by atoms with Crippen molar-refractivity contribution in [2.45, 2.75) is 19.8 Å². The average Bonchev–Trinajstić information content (AvgIpc) is 2.62. The molecule has 0 aliphatic carbocycles. The summed E-state index contributed by atoms with van der Waals surface area (Å²) in [4.78, 5) is 30.6. The number of nitrogens with one attached hydrogen (secondary N) is 1. The van der Waals surface area contributed by atoms with Gasteiger partial charge < -0.3 is 15.1 Å². The molecule has 138 valence electrons. The quantitative estimate of drug-likeness (QED) is 0.759. The number of unbranched alkanes of at least 4 members (excludes halogenated alkanes) is 1. The van der Waals surface area contributed by atoms with E-state index in [0.717, 1.165) is 43.7 Å². The Kier molecular flexibility index (Phi) is 7.25. The smallest absolute Gasteiger partial charge is 0.254 e. The summed E-state index contributed by atoms with van der Waals surface area (Å²) in [6.45, 7) is 6.07. The van der Waals surface area contributed by atoms with Gasteiger partial charge in [-0.25, -0.2) is 0 Å². The second-order valence-corrected chi connectivity index (χ2v) is 6.72. The number of anilines is 1. The van der Waals surface area contributed by atoms with Crippen LogP contribution in [-0.4, -0.2) is 75.0 Å². The van der Waals surface area contributed by atoms with E-state index in [0.29, 0.717) is 19.6 Å². The van der Waals surface area contributed by atoms with Crippen molar-refractivity contribution in [2.24, 2.45) is 0 Å². The summed E-state index contributed by atoms with van der Waals surface area (Å²) in [6.07, 6.45) is 2.09. The van der Waals surface area contributed by atoms with Crippen molar-refractivity contribution in [2.75, 3.05) is 58.3 Å². The van der Waals surface area contributed by atoms with Crippen LogP contribution >= 0.6 is 0 Å². The third-order valence-electron chi connectivity index (χ3n) is 4.49. The first-order chi connectivity index (χ1) is 12.0. The summed E-state index contributed by atoms with van der Waals surface area (Å²) in [5.41, 5.74) is 1.74. The largest absolute Gasteiger partial charge is 0.378 e. The Labute approximate surface area is 150 Å². The van der Waals surface area contributed by atoms with E-state index in [1.807, 2.05) is 48.2 Å². The number of nitrogens with zero attached hydrogens (tertiary/aromatic N) is 3. The van der Waals surface area contributed by atoms with Gasteiger partial charge >= 0.3 is 0 Å². The van der Waals surface area contributed by atoms with E-state index in [1.165, 1.54) is 0 Å². The predicted octanol–water partition coefficient (Wildman–Crippen LogP) is 1.43. The molecule has 1 aromatic carbocycles. The van der Waals surface area contributed by atoms with Gasteiger partial charge in [-0.15, -0.1) is 0 Å². The average molecular weight is 346 g/mol. The molecule has 1 aliphatic rings. The molecular formula is C19H30N4O2. The second kappa shape index (κ2) is 9.42. The van der Waals surface area contributed by atoms with Crippen molar-refractivity contribution >= 4 is 17.5 Å². The Balaban J connectivity index is 1.82. The highest BCUT2D eigenvalue weighted by molar-refractivity contribution is 5.95. The summed E-state index contributed by atoms with van der Waals surface area (Å²) in [5, 5.41) is 2.94. The Morgan fingerprint density at radius 2 is 1.88 bits per heavy atom. The normalized spacial score (nSPS) is 15.1. The van der Waals surface area contributed by atoms with Crippen LogP contribution in [0.2, 0.25) is 0 Å². The number of benzene rings is 1. The van der Waals surface area contributed by atoms with Crippen molar-refractivity contribution in [3.63, 3.8) is 0 Å². The maximum atomic E-state index is 12.7. The summed E-state index contributed by atoms with van der Waals surface area (Å²) in [5.74, 6) is 0.141. The fourth-order valence-electron chi connectivity index (χ4n) is 2.87. The molecule has 1 N–H and O–H groups in total. The summed E-state index contributed by atoms with van der Waals surface area (Å²) < 4.78 is 0. The highest BCUT2D eigenvalue weighted by Crippen LogP contribution is 2.16. The van der Waals surface area contributed by atoms with Crippen molar-refractivity contribution in [3.8, 4) is 0 Å². The van der Waals surface area contributed by atoms with Gasteiger partial charge in [0.25, 0.3) is 5.91 Å². The molecule has 0 spiro atoms. The van der Waals surface area contributed by atoms with Gasteiger partial charge in [0, 0.05) is 58.1 Å². The lowest BCUT2D eigenvalue weighted by atomic mass is 10.1. The maximum absolute atomic E-state index is 12.7. The van der Waals surface area contributed by atoms with Crippen molar-refractivity contribution in [3.05, 3.63) is 29.8 Å². The number of amides is 2. The van der Waals surface area contributed by atoms with Crippen molar-refractivity contribution in [1.82, 2.24) is 15.1 Å². The maximum Gasteiger partial charge on any atom is 0.254 e. The molecule has 1 aliphatic heterocycles. The van der Waals surface area contributed by atoms with E-state index in [4.69, 9.17) is 0 Å². The van der Waals surface area contributed by atoms with E-state index in [9.17, 15) is 9.59 Å². The Hall–Kier alpha value is -2.08. The van der Waals surface area contributed by atoms with Crippen molar-refractivity contribution in [1.29, 1.82) is 0 Å². The first-order valence-corrected chi connectivity index (χ1v) is 9.07. The Morgan fingerprint density at radius 1 is 1.16 bits per heavy atom. The van der Waals surface area contributed by atoms with Gasteiger partial charge in [-0.2, -0.15) is 0 Å². The van der Waals surface area contributed by atoms with Crippen LogP contribution in [0.25, 0.3) is 0 Å². The fourth-order valence-corrected chi connectivity index (χ4v) is 2.87. The minimum absolute atomic E-state index is 0.0655. The molecule has 1 heterocycles. The van der Waals surface area contributed by atoms with Crippen LogP contribution in [0, 0.1) is 0 Å². The lowest BCUT2D eigenvalue weighted by Gasteiger charge is -2.34. The molecule has 6 heteroatoms. The zero-order chi connectivity index (χ0) is 18.2. The monoisotopic (exact) mass is 346 g/mol. The number of carbonyl (C=O) groups excluding carboxylic acids is 2. The van der Waals surface area contributed by atoms with E-state index >= 15 is 0 Å². The van der Waals surface area contributed by atoms with Crippen LogP contribution in [0.5, 0.6) is 0 Å². The molecule has 25 heavy (non-hydrogen) atoms. The minimum Gasteiger partial charge on any atom is -0.378 e. The number of piperazine rings is 1. The highest BCUT2D eigenvalue weighted by atomic mass is 16.2. The van der Waals surface area contributed by atoms with Gasteiger partial charge in [0.15, 0.2) is 0 Å². The topological polar surface area (TPSA) is 55.9 Å². The Bertz CT molecular complexity index is 581. The van der Waals surface area contributed by atoms with Gasteiger partial charge in [-0.3, -0.25) is 14.5 Å². The van der Waals surface area contributed by atoms with Crippen LogP contribution in [0.15, 0.2) is 24.3 Å². The number of hydrogen-bond donors (Lipinski definition) is 1. The molecule has 0 aromatic heterocycles. The summed E-state index contributed by atoms with van der Waals surface area (Å²) >= 11 is 0. The first kappa shape index (κ1) is 19.2. The SMILES string of the molecule is CCCCNC(=O)CN1CCN(C(=O)c2cccc(N(C)C)c2)CC1. The molecule has 0 radical (unpaired) electrons. The number of rotatable bonds is 7. The number of carbonyl (C=O) groups is 2. The lowest BCUT2D eigenvalue weighted by molar-refractivity contribution is -0.122. The standard InChI is InChI=1S/C19H30N4O2/c1-4-5-9-20-18(24)15-22-10-12-23(13-11-22)19(25)16-7-6-8-17(14-16)21(2)3/h6-8,14H,4-5,9-13,15H2,1-3H3,(H,20,24). The zero-order valence-electron chi connectivity index (χ0n) is 15.6. The van der Waals surface area contributed by atoms with Gasteiger partial charge in [-0.05, 0) is 24.6 Å². The van der Waals surface area contributed by atoms with Crippen LogP contribution in [0.4, 0.5) is 5.69 Å². The van der Waals surface area contributed by atoms with Crippen LogP contribution in [-0.2, 0) is 4.79 Å². The van der Waals surface area contributed by atoms with Gasteiger partial charge in [0.1, 0.15) is 0 Å². The van der Waals surface area contributed by atoms with E-state index in [-0.39, 0.29) is 11.8 Å². The third-order valence-corrected chi connectivity index (χ3v) is 4.49. The van der Waals surface area contributed by atoms with Crippen LogP contribution < -0.4 is 10.2 Å². The predicted molar refractivity (Wildman–Crippen MR) is 101 cm³/mol. The zero-order valence-corrected chi connectivity index (χ0v) is 15.6. The van der Waals surface area contributed by atoms with Gasteiger partial charge in [0.2, 0.25) is 5.91 Å². The minimum atomic E-state index is 0.0655. The lowest BCUT2D eigenvalue weighted by Crippen LogP contribution is -2.51. The van der Waals surface area contributed by atoms with E-state index in [1.54, 1.807) is 0 Å². The van der Waals surface area contributed by atoms with Gasteiger partial charge in [-0.1, -0.05) is 19.4 Å². The molecule has 6 nitrogen and oxygen atoms in total. The van der Waals surface area contributed by atoms with Gasteiger partial charge in [0.05, 0.1) is 6.54 Å². The first-order valence-electron chi connectivity index (χ1n) is 9.07. The molecule has 2 rings (SSSR count). The van der Waals surface area contributed by atoms with E-state index < -0.39 is 0 Å². The third kappa shape index (κ3) is 5.74. The highest BCUT2D eigenvalue weighted by Gasteiger charge is 2.23. The fraction of sp³-hybridized carbons (Fsp3) is 0.579. The van der Waals surface area contributed by atoms with E-state index in [2.05, 4.69) is 17.1 Å². The molecular weight excluding hydrogens is 316 g/mol. The summed E-state index contributed by atoms with van der Waals surface area (Å²) in [7, 11) is 3.93.